The quantitative estimate of drug-likeness (QED) is 0.619. The highest BCUT2D eigenvalue weighted by molar-refractivity contribution is 5.93. The molecule has 9 heteroatoms. The summed E-state index contributed by atoms with van der Waals surface area (Å²) in [6, 6.07) is 14.8. The Kier molecular flexibility index (Phi) is 8.31. The predicted octanol–water partition coefficient (Wildman–Crippen LogP) is 4.13. The molecule has 0 saturated carbocycles. The van der Waals surface area contributed by atoms with Gasteiger partial charge in [0.1, 0.15) is 17.5 Å². The summed E-state index contributed by atoms with van der Waals surface area (Å²) < 4.78 is 16.4. The van der Waals surface area contributed by atoms with Gasteiger partial charge in [-0.2, -0.15) is 5.26 Å². The maximum atomic E-state index is 12.5. The number of amides is 2. The maximum absolute atomic E-state index is 12.5. The van der Waals surface area contributed by atoms with Crippen molar-refractivity contribution in [1.82, 2.24) is 4.90 Å². The number of anilines is 1. The molecule has 1 saturated heterocycles. The summed E-state index contributed by atoms with van der Waals surface area (Å²) in [5.41, 5.74) is 0.836. The molecular weight excluding hydrogens is 450 g/mol. The van der Waals surface area contributed by atoms with Crippen molar-refractivity contribution in [1.29, 1.82) is 5.26 Å². The average molecular weight is 480 g/mol. The Labute approximate surface area is 204 Å². The van der Waals surface area contributed by atoms with Gasteiger partial charge in [-0.25, -0.2) is 9.59 Å². The Morgan fingerprint density at radius 1 is 1.03 bits per heavy atom. The molecule has 0 aromatic heterocycles. The number of esters is 1. The van der Waals surface area contributed by atoms with Crippen molar-refractivity contribution in [2.45, 2.75) is 45.3 Å². The largest absolute Gasteiger partial charge is 0.484 e. The minimum Gasteiger partial charge on any atom is -0.484 e. The van der Waals surface area contributed by atoms with Crippen LogP contribution < -0.4 is 10.1 Å². The van der Waals surface area contributed by atoms with Gasteiger partial charge >= 0.3 is 12.1 Å². The zero-order chi connectivity index (χ0) is 25.4. The summed E-state index contributed by atoms with van der Waals surface area (Å²) in [5.74, 6) is -0.335. The van der Waals surface area contributed by atoms with E-state index < -0.39 is 11.6 Å². The molecule has 1 fully saturated rings. The number of likely N-dealkylation sites (tertiary alicyclic amines) is 1. The minimum absolute atomic E-state index is 0.197. The van der Waals surface area contributed by atoms with Crippen LogP contribution in [0.1, 0.15) is 49.5 Å². The van der Waals surface area contributed by atoms with E-state index in [0.717, 1.165) is 0 Å². The van der Waals surface area contributed by atoms with Gasteiger partial charge < -0.3 is 24.4 Å². The maximum Gasteiger partial charge on any atom is 0.410 e. The normalized spacial score (nSPS) is 13.9. The molecule has 184 valence electrons. The number of carbonyl (C=O) groups is 3. The van der Waals surface area contributed by atoms with Gasteiger partial charge in [0, 0.05) is 31.6 Å². The number of carbonyl (C=O) groups excluding carboxylic acids is 3. The van der Waals surface area contributed by atoms with Gasteiger partial charge in [0.25, 0.3) is 5.91 Å². The monoisotopic (exact) mass is 479 g/mol. The van der Waals surface area contributed by atoms with E-state index in [1.807, 2.05) is 26.8 Å². The van der Waals surface area contributed by atoms with Crippen LogP contribution in [0.15, 0.2) is 48.5 Å². The van der Waals surface area contributed by atoms with E-state index in [9.17, 15) is 14.4 Å². The van der Waals surface area contributed by atoms with Crippen LogP contribution in [0.25, 0.3) is 0 Å². The van der Waals surface area contributed by atoms with E-state index in [1.165, 1.54) is 0 Å². The first kappa shape index (κ1) is 25.6. The highest BCUT2D eigenvalue weighted by Crippen LogP contribution is 2.19. The zero-order valence-corrected chi connectivity index (χ0v) is 20.1. The van der Waals surface area contributed by atoms with E-state index >= 15 is 0 Å². The molecule has 2 aromatic rings. The average Bonchev–Trinajstić information content (AvgIpc) is 2.83. The molecule has 0 atom stereocenters. The molecule has 3 rings (SSSR count). The SMILES string of the molecule is CC(C)(C)OC(=O)N1CCC(OC(=O)c2ccc(NC(=O)COc3ccc(C#N)cc3)cc2)CC1. The highest BCUT2D eigenvalue weighted by Gasteiger charge is 2.28. The first-order chi connectivity index (χ1) is 16.6. The van der Waals surface area contributed by atoms with E-state index in [1.54, 1.807) is 53.4 Å². The van der Waals surface area contributed by atoms with Gasteiger partial charge in [-0.15, -0.1) is 0 Å². The van der Waals surface area contributed by atoms with Crippen molar-refractivity contribution in [2.75, 3.05) is 25.0 Å². The van der Waals surface area contributed by atoms with Crippen molar-refractivity contribution in [2.24, 2.45) is 0 Å². The molecule has 2 aromatic carbocycles. The van der Waals surface area contributed by atoms with Gasteiger partial charge in [-0.1, -0.05) is 0 Å². The minimum atomic E-state index is -0.552. The Morgan fingerprint density at radius 3 is 2.23 bits per heavy atom. The summed E-state index contributed by atoms with van der Waals surface area (Å²) in [4.78, 5) is 38.4. The summed E-state index contributed by atoms with van der Waals surface area (Å²) in [5, 5.41) is 11.5. The molecule has 0 unspecified atom stereocenters. The van der Waals surface area contributed by atoms with Crippen molar-refractivity contribution in [3.63, 3.8) is 0 Å². The Morgan fingerprint density at radius 2 is 1.66 bits per heavy atom. The predicted molar refractivity (Wildman–Crippen MR) is 128 cm³/mol. The van der Waals surface area contributed by atoms with E-state index in [0.29, 0.717) is 48.5 Å². The fourth-order valence-electron chi connectivity index (χ4n) is 3.36. The van der Waals surface area contributed by atoms with Crippen LogP contribution in [0.3, 0.4) is 0 Å². The second kappa shape index (κ2) is 11.4. The smallest absolute Gasteiger partial charge is 0.410 e. The van der Waals surface area contributed by atoms with Crippen LogP contribution in [0.2, 0.25) is 0 Å². The third kappa shape index (κ3) is 8.03. The molecule has 0 radical (unpaired) electrons. The molecular formula is C26H29N3O6. The van der Waals surface area contributed by atoms with Gasteiger partial charge in [0.05, 0.1) is 17.2 Å². The lowest BCUT2D eigenvalue weighted by Crippen LogP contribution is -2.43. The fourth-order valence-corrected chi connectivity index (χ4v) is 3.36. The Balaban J connectivity index is 1.42. The standard InChI is InChI=1S/C26H29N3O6/c1-26(2,3)35-25(32)29-14-12-22(13-15-29)34-24(31)19-6-8-20(9-7-19)28-23(30)17-33-21-10-4-18(16-27)5-11-21/h4-11,22H,12-15,17H2,1-3H3,(H,28,30). The van der Waals surface area contributed by atoms with Gasteiger partial charge in [-0.05, 0) is 69.3 Å². The van der Waals surface area contributed by atoms with Crippen molar-refractivity contribution < 1.29 is 28.6 Å². The fraction of sp³-hybridized carbons (Fsp3) is 0.385. The third-order valence-electron chi connectivity index (χ3n) is 5.13. The molecule has 0 aliphatic carbocycles. The lowest BCUT2D eigenvalue weighted by atomic mass is 10.1. The third-order valence-corrected chi connectivity index (χ3v) is 5.13. The number of piperidine rings is 1. The number of nitrogens with zero attached hydrogens (tertiary/aromatic N) is 2. The number of nitrogens with one attached hydrogen (secondary N) is 1. The topological polar surface area (TPSA) is 118 Å². The highest BCUT2D eigenvalue weighted by atomic mass is 16.6. The molecule has 1 N–H and O–H groups in total. The zero-order valence-electron chi connectivity index (χ0n) is 20.1. The van der Waals surface area contributed by atoms with Gasteiger partial charge in [0.15, 0.2) is 6.61 Å². The number of nitriles is 1. The number of benzene rings is 2. The molecule has 2 amide bonds. The molecule has 1 aliphatic heterocycles. The lowest BCUT2D eigenvalue weighted by molar-refractivity contribution is -0.118. The second-order valence-electron chi connectivity index (χ2n) is 9.12. The number of ether oxygens (including phenoxy) is 3. The summed E-state index contributed by atoms with van der Waals surface area (Å²) in [7, 11) is 0. The second-order valence-corrected chi connectivity index (χ2v) is 9.12. The van der Waals surface area contributed by atoms with E-state index in [2.05, 4.69) is 5.32 Å². The number of hydrogen-bond donors (Lipinski definition) is 1. The van der Waals surface area contributed by atoms with Crippen LogP contribution in [0, 0.1) is 11.3 Å². The molecule has 0 bridgehead atoms. The summed E-state index contributed by atoms with van der Waals surface area (Å²) >= 11 is 0. The molecule has 1 heterocycles. The van der Waals surface area contributed by atoms with Crippen molar-refractivity contribution in [3.8, 4) is 11.8 Å². The molecule has 0 spiro atoms. The van der Waals surface area contributed by atoms with Crippen molar-refractivity contribution in [3.05, 3.63) is 59.7 Å². The molecule has 9 nitrogen and oxygen atoms in total. The lowest BCUT2D eigenvalue weighted by Gasteiger charge is -2.33. The Hall–Kier alpha value is -4.06. The van der Waals surface area contributed by atoms with Crippen molar-refractivity contribution >= 4 is 23.7 Å². The van der Waals surface area contributed by atoms with Gasteiger partial charge in [-0.3, -0.25) is 4.79 Å². The number of rotatable bonds is 6. The first-order valence-electron chi connectivity index (χ1n) is 11.3. The van der Waals surface area contributed by atoms with E-state index in [4.69, 9.17) is 19.5 Å². The summed E-state index contributed by atoms with van der Waals surface area (Å²) in [6.07, 6.45) is 0.443. The number of hydrogen-bond acceptors (Lipinski definition) is 7. The first-order valence-corrected chi connectivity index (χ1v) is 11.3. The van der Waals surface area contributed by atoms with Crippen LogP contribution >= 0.6 is 0 Å². The molecule has 1 aliphatic rings. The Bertz CT molecular complexity index is 1080. The summed E-state index contributed by atoms with van der Waals surface area (Å²) in [6.45, 7) is 6.19. The van der Waals surface area contributed by atoms with Crippen LogP contribution in [-0.4, -0.2) is 54.3 Å². The molecule has 35 heavy (non-hydrogen) atoms. The van der Waals surface area contributed by atoms with E-state index in [-0.39, 0.29) is 24.7 Å². The van der Waals surface area contributed by atoms with Crippen LogP contribution in [0.5, 0.6) is 5.75 Å². The van der Waals surface area contributed by atoms with Crippen LogP contribution in [0.4, 0.5) is 10.5 Å². The van der Waals surface area contributed by atoms with Gasteiger partial charge in [0.2, 0.25) is 0 Å². The van der Waals surface area contributed by atoms with Crippen LogP contribution in [-0.2, 0) is 14.3 Å².